The highest BCUT2D eigenvalue weighted by atomic mass is 16.2. The van der Waals surface area contributed by atoms with Crippen molar-refractivity contribution in [2.45, 2.75) is 6.92 Å². The molecule has 0 saturated heterocycles. The summed E-state index contributed by atoms with van der Waals surface area (Å²) in [5, 5.41) is 4.75. The number of fused-ring (bicyclic) bond motifs is 1. The number of nitrogens with one attached hydrogen (secondary N) is 2. The molecule has 1 aliphatic heterocycles. The molecule has 0 saturated carbocycles. The van der Waals surface area contributed by atoms with Crippen molar-refractivity contribution in [1.82, 2.24) is 10.6 Å². The van der Waals surface area contributed by atoms with Crippen LogP contribution in [-0.4, -0.2) is 24.3 Å². The topological polar surface area (TPSA) is 75.3 Å². The smallest absolute Gasteiger partial charge is 0.258 e. The van der Waals surface area contributed by atoms with Crippen molar-refractivity contribution in [2.75, 3.05) is 6.54 Å². The van der Waals surface area contributed by atoms with E-state index < -0.39 is 5.91 Å². The van der Waals surface area contributed by atoms with E-state index in [9.17, 15) is 14.4 Å². The second-order valence-electron chi connectivity index (χ2n) is 3.76. The van der Waals surface area contributed by atoms with E-state index in [4.69, 9.17) is 0 Å². The predicted octanol–water partition coefficient (Wildman–Crippen LogP) is 0.0578. The van der Waals surface area contributed by atoms with E-state index in [0.29, 0.717) is 16.7 Å². The third-order valence-corrected chi connectivity index (χ3v) is 2.39. The van der Waals surface area contributed by atoms with Gasteiger partial charge in [-0.1, -0.05) is 11.8 Å². The summed E-state index contributed by atoms with van der Waals surface area (Å²) in [6.45, 7) is 1.66. The lowest BCUT2D eigenvalue weighted by Gasteiger charge is -1.95. The van der Waals surface area contributed by atoms with E-state index in [-0.39, 0.29) is 18.4 Å². The van der Waals surface area contributed by atoms with Gasteiger partial charge in [-0.3, -0.25) is 19.7 Å². The van der Waals surface area contributed by atoms with E-state index in [1.165, 1.54) is 6.92 Å². The zero-order chi connectivity index (χ0) is 13.1. The molecule has 0 fully saturated rings. The van der Waals surface area contributed by atoms with Crippen LogP contribution in [-0.2, 0) is 4.79 Å². The van der Waals surface area contributed by atoms with E-state index in [2.05, 4.69) is 22.5 Å². The number of imide groups is 1. The molecule has 0 spiro atoms. The summed E-state index contributed by atoms with van der Waals surface area (Å²) < 4.78 is 0. The molecule has 90 valence electrons. The van der Waals surface area contributed by atoms with Crippen LogP contribution in [0.3, 0.4) is 0 Å². The average molecular weight is 242 g/mol. The van der Waals surface area contributed by atoms with Gasteiger partial charge < -0.3 is 5.32 Å². The Morgan fingerprint density at radius 2 is 2.00 bits per heavy atom. The van der Waals surface area contributed by atoms with Crippen molar-refractivity contribution < 1.29 is 14.4 Å². The first-order valence-corrected chi connectivity index (χ1v) is 5.31. The van der Waals surface area contributed by atoms with Crippen LogP contribution in [0, 0.1) is 11.8 Å². The van der Waals surface area contributed by atoms with Gasteiger partial charge in [0.05, 0.1) is 17.7 Å². The van der Waals surface area contributed by atoms with Gasteiger partial charge in [-0.25, -0.2) is 0 Å². The molecule has 18 heavy (non-hydrogen) atoms. The second-order valence-corrected chi connectivity index (χ2v) is 3.76. The Balaban J connectivity index is 2.17. The van der Waals surface area contributed by atoms with Gasteiger partial charge in [0.25, 0.3) is 11.8 Å². The molecule has 0 aromatic heterocycles. The highest BCUT2D eigenvalue weighted by molar-refractivity contribution is 6.21. The number of benzene rings is 1. The van der Waals surface area contributed by atoms with E-state index >= 15 is 0 Å². The second kappa shape index (κ2) is 4.72. The third-order valence-electron chi connectivity index (χ3n) is 2.39. The maximum atomic E-state index is 11.4. The van der Waals surface area contributed by atoms with Crippen molar-refractivity contribution in [3.8, 4) is 11.8 Å². The molecular formula is C13H10N2O3. The minimum atomic E-state index is -0.402. The Hall–Kier alpha value is -2.61. The summed E-state index contributed by atoms with van der Waals surface area (Å²) in [4.78, 5) is 33.3. The Morgan fingerprint density at radius 3 is 2.72 bits per heavy atom. The fourth-order valence-electron chi connectivity index (χ4n) is 1.56. The minimum absolute atomic E-state index is 0.150. The first kappa shape index (κ1) is 11.9. The van der Waals surface area contributed by atoms with Crippen LogP contribution in [0.15, 0.2) is 18.2 Å². The maximum absolute atomic E-state index is 11.4. The average Bonchev–Trinajstić information content (AvgIpc) is 2.60. The van der Waals surface area contributed by atoms with Crippen molar-refractivity contribution in [3.63, 3.8) is 0 Å². The van der Waals surface area contributed by atoms with Gasteiger partial charge in [0, 0.05) is 12.5 Å². The highest BCUT2D eigenvalue weighted by Crippen LogP contribution is 2.16. The van der Waals surface area contributed by atoms with Crippen molar-refractivity contribution in [2.24, 2.45) is 0 Å². The van der Waals surface area contributed by atoms with Gasteiger partial charge in [-0.15, -0.1) is 0 Å². The van der Waals surface area contributed by atoms with Crippen LogP contribution in [0.5, 0.6) is 0 Å². The van der Waals surface area contributed by atoms with Gasteiger partial charge in [-0.05, 0) is 18.2 Å². The standard InChI is InChI=1S/C13H10N2O3/c1-8(16)14-6-2-3-9-4-5-10-11(7-9)13(18)15-12(10)17/h4-5,7H,6H2,1H3,(H,14,16)(H,15,17,18). The van der Waals surface area contributed by atoms with Crippen LogP contribution in [0.2, 0.25) is 0 Å². The summed E-state index contributed by atoms with van der Waals surface area (Å²) in [7, 11) is 0. The van der Waals surface area contributed by atoms with Gasteiger partial charge in [0.15, 0.2) is 0 Å². The monoisotopic (exact) mass is 242 g/mol. The molecule has 5 heteroatoms. The molecule has 1 heterocycles. The first-order valence-electron chi connectivity index (χ1n) is 5.31. The lowest BCUT2D eigenvalue weighted by molar-refractivity contribution is -0.118. The fraction of sp³-hybridized carbons (Fsp3) is 0.154. The Labute approximate surface area is 104 Å². The molecule has 0 unspecified atom stereocenters. The van der Waals surface area contributed by atoms with E-state index in [1.54, 1.807) is 18.2 Å². The van der Waals surface area contributed by atoms with Crippen molar-refractivity contribution in [1.29, 1.82) is 0 Å². The Bertz CT molecular complexity index is 608. The van der Waals surface area contributed by atoms with E-state index in [1.807, 2.05) is 0 Å². The fourth-order valence-corrected chi connectivity index (χ4v) is 1.56. The van der Waals surface area contributed by atoms with Gasteiger partial charge in [0.2, 0.25) is 5.91 Å². The minimum Gasteiger partial charge on any atom is -0.345 e. The van der Waals surface area contributed by atoms with Crippen LogP contribution in [0.25, 0.3) is 0 Å². The van der Waals surface area contributed by atoms with Crippen LogP contribution >= 0.6 is 0 Å². The summed E-state index contributed by atoms with van der Waals surface area (Å²) in [6.07, 6.45) is 0. The van der Waals surface area contributed by atoms with Gasteiger partial charge >= 0.3 is 0 Å². The first-order chi connectivity index (χ1) is 8.58. The SMILES string of the molecule is CC(=O)NCC#Cc1ccc2c(c1)C(=O)NC2=O. The van der Waals surface area contributed by atoms with Crippen LogP contribution < -0.4 is 10.6 Å². The number of carbonyl (C=O) groups excluding carboxylic acids is 3. The molecule has 2 rings (SSSR count). The van der Waals surface area contributed by atoms with Crippen molar-refractivity contribution in [3.05, 3.63) is 34.9 Å². The Kier molecular flexibility index (Phi) is 3.11. The number of hydrogen-bond acceptors (Lipinski definition) is 3. The molecular weight excluding hydrogens is 232 g/mol. The molecule has 1 aromatic carbocycles. The molecule has 1 aliphatic rings. The number of hydrogen-bond donors (Lipinski definition) is 2. The van der Waals surface area contributed by atoms with Crippen molar-refractivity contribution >= 4 is 17.7 Å². The van der Waals surface area contributed by atoms with Crippen LogP contribution in [0.1, 0.15) is 33.2 Å². The molecule has 0 bridgehead atoms. The zero-order valence-electron chi connectivity index (χ0n) is 9.66. The quantitative estimate of drug-likeness (QED) is 0.540. The summed E-state index contributed by atoms with van der Waals surface area (Å²) in [6, 6.07) is 4.80. The molecule has 1 aromatic rings. The largest absolute Gasteiger partial charge is 0.345 e. The molecule has 0 aliphatic carbocycles. The zero-order valence-corrected chi connectivity index (χ0v) is 9.66. The van der Waals surface area contributed by atoms with Gasteiger partial charge in [0.1, 0.15) is 0 Å². The maximum Gasteiger partial charge on any atom is 0.258 e. The predicted molar refractivity (Wildman–Crippen MR) is 63.8 cm³/mol. The summed E-state index contributed by atoms with van der Waals surface area (Å²) in [5.41, 5.74) is 1.34. The molecule has 5 nitrogen and oxygen atoms in total. The number of carbonyl (C=O) groups is 3. The summed E-state index contributed by atoms with van der Waals surface area (Å²) in [5.74, 6) is 4.63. The van der Waals surface area contributed by atoms with Gasteiger partial charge in [-0.2, -0.15) is 0 Å². The molecule has 3 amide bonds. The lowest BCUT2D eigenvalue weighted by atomic mass is 10.1. The molecule has 0 radical (unpaired) electrons. The normalized spacial score (nSPS) is 12.3. The molecule has 0 atom stereocenters. The summed E-state index contributed by atoms with van der Waals surface area (Å²) >= 11 is 0. The number of amides is 3. The Morgan fingerprint density at radius 1 is 1.28 bits per heavy atom. The lowest BCUT2D eigenvalue weighted by Crippen LogP contribution is -2.19. The van der Waals surface area contributed by atoms with Crippen LogP contribution in [0.4, 0.5) is 0 Å². The number of rotatable bonds is 1. The highest BCUT2D eigenvalue weighted by Gasteiger charge is 2.26. The van der Waals surface area contributed by atoms with E-state index in [0.717, 1.165) is 0 Å². The molecule has 2 N–H and O–H groups in total. The third kappa shape index (κ3) is 2.38.